The van der Waals surface area contributed by atoms with Crippen LogP contribution in [0.2, 0.25) is 0 Å². The van der Waals surface area contributed by atoms with Gasteiger partial charge in [0.25, 0.3) is 0 Å². The normalized spacial score (nSPS) is 14.0. The maximum atomic E-state index is 11.8. The van der Waals surface area contributed by atoms with Crippen LogP contribution < -0.4 is 4.90 Å². The number of hydrogen-bond acceptors (Lipinski definition) is 6. The second kappa shape index (κ2) is 7.05. The number of ketones is 1. The van der Waals surface area contributed by atoms with Crippen molar-refractivity contribution in [2.75, 3.05) is 18.0 Å². The number of benzene rings is 2. The molecule has 1 aliphatic rings. The van der Waals surface area contributed by atoms with Crippen LogP contribution in [0.4, 0.5) is 5.95 Å². The number of Topliss-reactive ketones (excluding diaryl/α,β-unsaturated/α-hetero) is 1. The van der Waals surface area contributed by atoms with Gasteiger partial charge in [-0.1, -0.05) is 36.4 Å². The summed E-state index contributed by atoms with van der Waals surface area (Å²) in [6, 6.07) is 15.6. The molecule has 0 spiro atoms. The van der Waals surface area contributed by atoms with Gasteiger partial charge in [-0.25, -0.2) is 9.97 Å². The first kappa shape index (κ1) is 17.4. The van der Waals surface area contributed by atoms with E-state index in [-0.39, 0.29) is 11.7 Å². The van der Waals surface area contributed by atoms with Crippen molar-refractivity contribution in [3.63, 3.8) is 0 Å². The molecule has 1 fully saturated rings. The molecule has 3 heterocycles. The van der Waals surface area contributed by atoms with Crippen LogP contribution in [0.5, 0.6) is 0 Å². The Kier molecular flexibility index (Phi) is 4.24. The van der Waals surface area contributed by atoms with Crippen LogP contribution in [-0.4, -0.2) is 38.8 Å². The Morgan fingerprint density at radius 2 is 1.83 bits per heavy atom. The maximum Gasteiger partial charge on any atom is 0.225 e. The summed E-state index contributed by atoms with van der Waals surface area (Å²) in [5, 5.41) is 1.04. The maximum absolute atomic E-state index is 11.8. The van der Waals surface area contributed by atoms with Crippen molar-refractivity contribution in [1.29, 1.82) is 0 Å². The van der Waals surface area contributed by atoms with Crippen molar-refractivity contribution >= 4 is 22.6 Å². The third-order valence-electron chi connectivity index (χ3n) is 5.30. The van der Waals surface area contributed by atoms with Gasteiger partial charge in [0.2, 0.25) is 5.95 Å². The molecule has 1 aliphatic heterocycles. The second-order valence-electron chi connectivity index (χ2n) is 7.26. The number of anilines is 1. The summed E-state index contributed by atoms with van der Waals surface area (Å²) in [6.45, 7) is 3.15. The first-order valence-corrected chi connectivity index (χ1v) is 9.58. The average molecular weight is 381 g/mol. The number of fused-ring (bicyclic) bond motifs is 1. The molecule has 5 rings (SSSR count). The molecule has 6 nitrogen and oxygen atoms in total. The van der Waals surface area contributed by atoms with Crippen molar-refractivity contribution in [3.8, 4) is 11.3 Å². The third kappa shape index (κ3) is 3.23. The highest BCUT2D eigenvalue weighted by Crippen LogP contribution is 2.34. The van der Waals surface area contributed by atoms with E-state index in [1.54, 1.807) is 19.3 Å². The van der Waals surface area contributed by atoms with Crippen molar-refractivity contribution in [1.82, 2.24) is 19.9 Å². The Bertz CT molecular complexity index is 1220. The van der Waals surface area contributed by atoms with Gasteiger partial charge < -0.3 is 4.90 Å². The van der Waals surface area contributed by atoms with Crippen LogP contribution in [0.3, 0.4) is 0 Å². The third-order valence-corrected chi connectivity index (χ3v) is 5.30. The topological polar surface area (TPSA) is 71.9 Å². The molecule has 0 bridgehead atoms. The predicted octanol–water partition coefficient (Wildman–Crippen LogP) is 3.89. The van der Waals surface area contributed by atoms with Crippen molar-refractivity contribution in [3.05, 3.63) is 78.4 Å². The van der Waals surface area contributed by atoms with Crippen molar-refractivity contribution in [2.24, 2.45) is 0 Å². The molecule has 4 aromatic rings. The van der Waals surface area contributed by atoms with E-state index in [1.165, 1.54) is 0 Å². The molecular weight excluding hydrogens is 362 g/mol. The van der Waals surface area contributed by atoms with Gasteiger partial charge in [0.05, 0.1) is 16.9 Å². The SMILES string of the molecule is CC(=O)c1cccc(-c2nccnc2C2CN(c3ncc4ccccc4n3)C2)c1. The largest absolute Gasteiger partial charge is 0.339 e. The van der Waals surface area contributed by atoms with Gasteiger partial charge in [-0.3, -0.25) is 14.8 Å². The molecule has 0 aliphatic carbocycles. The molecule has 6 heteroatoms. The average Bonchev–Trinajstić information content (AvgIpc) is 2.73. The van der Waals surface area contributed by atoms with E-state index in [2.05, 4.69) is 24.8 Å². The summed E-state index contributed by atoms with van der Waals surface area (Å²) < 4.78 is 0. The van der Waals surface area contributed by atoms with Crippen LogP contribution in [0, 0.1) is 0 Å². The monoisotopic (exact) mass is 381 g/mol. The van der Waals surface area contributed by atoms with Gasteiger partial charge >= 0.3 is 0 Å². The van der Waals surface area contributed by atoms with E-state index >= 15 is 0 Å². The molecule has 0 N–H and O–H groups in total. The Balaban J connectivity index is 1.41. The molecular formula is C23H19N5O. The van der Waals surface area contributed by atoms with Gasteiger partial charge in [0, 0.05) is 54.1 Å². The quantitative estimate of drug-likeness (QED) is 0.500. The summed E-state index contributed by atoms with van der Waals surface area (Å²) in [6.07, 6.45) is 5.29. The Morgan fingerprint density at radius 1 is 1.00 bits per heavy atom. The smallest absolute Gasteiger partial charge is 0.225 e. The van der Waals surface area contributed by atoms with Crippen molar-refractivity contribution in [2.45, 2.75) is 12.8 Å². The molecule has 29 heavy (non-hydrogen) atoms. The van der Waals surface area contributed by atoms with E-state index in [0.29, 0.717) is 5.56 Å². The van der Waals surface area contributed by atoms with E-state index in [1.807, 2.05) is 54.7 Å². The summed E-state index contributed by atoms with van der Waals surface area (Å²) in [4.78, 5) is 32.3. The van der Waals surface area contributed by atoms with E-state index < -0.39 is 0 Å². The highest BCUT2D eigenvalue weighted by Gasteiger charge is 2.33. The first-order valence-electron chi connectivity index (χ1n) is 9.58. The minimum atomic E-state index is 0.0422. The molecule has 0 unspecified atom stereocenters. The number of aromatic nitrogens is 4. The highest BCUT2D eigenvalue weighted by atomic mass is 16.1. The second-order valence-corrected chi connectivity index (χ2v) is 7.26. The molecule has 2 aromatic heterocycles. The first-order chi connectivity index (χ1) is 14.2. The zero-order valence-corrected chi connectivity index (χ0v) is 16.0. The van der Waals surface area contributed by atoms with Crippen LogP contribution in [0.1, 0.15) is 28.9 Å². The van der Waals surface area contributed by atoms with Crippen LogP contribution in [0.15, 0.2) is 67.1 Å². The predicted molar refractivity (Wildman–Crippen MR) is 112 cm³/mol. The van der Waals surface area contributed by atoms with Crippen LogP contribution in [-0.2, 0) is 0 Å². The number of rotatable bonds is 4. The molecule has 0 saturated carbocycles. The molecule has 0 radical (unpaired) electrons. The zero-order chi connectivity index (χ0) is 19.8. The lowest BCUT2D eigenvalue weighted by Gasteiger charge is -2.39. The number of para-hydroxylation sites is 1. The van der Waals surface area contributed by atoms with E-state index in [9.17, 15) is 4.79 Å². The molecule has 1 saturated heterocycles. The minimum Gasteiger partial charge on any atom is -0.339 e. The van der Waals surface area contributed by atoms with Gasteiger partial charge in [0.1, 0.15) is 0 Å². The minimum absolute atomic E-state index is 0.0422. The Hall–Kier alpha value is -3.67. The number of carbonyl (C=O) groups excluding carboxylic acids is 1. The molecule has 2 aromatic carbocycles. The lowest BCUT2D eigenvalue weighted by molar-refractivity contribution is 0.101. The number of hydrogen-bond donors (Lipinski definition) is 0. The number of nitrogens with zero attached hydrogens (tertiary/aromatic N) is 5. The lowest BCUT2D eigenvalue weighted by Crippen LogP contribution is -2.46. The van der Waals surface area contributed by atoms with Crippen molar-refractivity contribution < 1.29 is 4.79 Å². The summed E-state index contributed by atoms with van der Waals surface area (Å²) in [7, 11) is 0. The summed E-state index contributed by atoms with van der Waals surface area (Å²) in [5.41, 5.74) is 4.33. The van der Waals surface area contributed by atoms with E-state index in [0.717, 1.165) is 46.9 Å². The molecule has 0 atom stereocenters. The fourth-order valence-corrected chi connectivity index (χ4v) is 3.69. The van der Waals surface area contributed by atoms with E-state index in [4.69, 9.17) is 0 Å². The molecule has 0 amide bonds. The van der Waals surface area contributed by atoms with Gasteiger partial charge in [-0.15, -0.1) is 0 Å². The highest BCUT2D eigenvalue weighted by molar-refractivity contribution is 5.95. The standard InChI is InChI=1S/C23H19N5O/c1-15(29)16-6-4-7-17(11-16)21-22(25-10-9-24-21)19-13-28(14-19)23-26-12-18-5-2-3-8-20(18)27-23/h2-12,19H,13-14H2,1H3. The van der Waals surface area contributed by atoms with Gasteiger partial charge in [-0.2, -0.15) is 0 Å². The summed E-state index contributed by atoms with van der Waals surface area (Å²) >= 11 is 0. The number of carbonyl (C=O) groups is 1. The fraction of sp³-hybridized carbons (Fsp3) is 0.174. The zero-order valence-electron chi connectivity index (χ0n) is 16.0. The lowest BCUT2D eigenvalue weighted by atomic mass is 9.92. The van der Waals surface area contributed by atoms with Crippen LogP contribution >= 0.6 is 0 Å². The van der Waals surface area contributed by atoms with Gasteiger partial charge in [-0.05, 0) is 19.1 Å². The molecule has 142 valence electrons. The Morgan fingerprint density at radius 3 is 2.69 bits per heavy atom. The van der Waals surface area contributed by atoms with Crippen LogP contribution in [0.25, 0.3) is 22.2 Å². The fourth-order valence-electron chi connectivity index (χ4n) is 3.69. The Labute approximate surface area is 168 Å². The summed E-state index contributed by atoms with van der Waals surface area (Å²) in [5.74, 6) is 1.03. The van der Waals surface area contributed by atoms with Gasteiger partial charge in [0.15, 0.2) is 5.78 Å².